The molecule has 108 valence electrons. The van der Waals surface area contributed by atoms with E-state index in [1.807, 2.05) is 12.1 Å². The lowest BCUT2D eigenvalue weighted by Gasteiger charge is -2.11. The second kappa shape index (κ2) is 8.71. The van der Waals surface area contributed by atoms with E-state index in [1.54, 1.807) is 12.1 Å². The van der Waals surface area contributed by atoms with Gasteiger partial charge in [-0.1, -0.05) is 30.9 Å². The summed E-state index contributed by atoms with van der Waals surface area (Å²) in [6, 6.07) is 7.24. The van der Waals surface area contributed by atoms with Gasteiger partial charge in [0.2, 0.25) is 0 Å². The first-order valence-electron chi connectivity index (χ1n) is 6.07. The van der Waals surface area contributed by atoms with Crippen LogP contribution in [-0.2, 0) is 20.8 Å². The normalized spacial score (nSPS) is 9.65. The second-order valence-corrected chi connectivity index (χ2v) is 3.85. The first-order chi connectivity index (χ1) is 9.67. The number of anilines is 1. The van der Waals surface area contributed by atoms with E-state index in [0.29, 0.717) is 12.2 Å². The molecular weight excluding hydrogens is 260 g/mol. The van der Waals surface area contributed by atoms with E-state index in [9.17, 15) is 9.59 Å². The highest BCUT2D eigenvalue weighted by Gasteiger charge is 2.07. The molecule has 1 amide bonds. The standard InChI is InChI=1S/C14H18N2O4/c1-3-8-20-14(18)16-12-7-5-4-6-11(12)9-15-10-13(17)19-2/h3-7,15H,1,8-10H2,2H3,(H,16,18). The monoisotopic (exact) mass is 278 g/mol. The summed E-state index contributed by atoms with van der Waals surface area (Å²) in [6.07, 6.45) is 0.939. The van der Waals surface area contributed by atoms with Crippen LogP contribution in [0, 0.1) is 0 Å². The lowest BCUT2D eigenvalue weighted by molar-refractivity contribution is -0.139. The van der Waals surface area contributed by atoms with Crippen LogP contribution in [0.15, 0.2) is 36.9 Å². The average molecular weight is 278 g/mol. The minimum absolute atomic E-state index is 0.103. The lowest BCUT2D eigenvalue weighted by atomic mass is 10.2. The number of esters is 1. The third-order valence-corrected chi connectivity index (χ3v) is 2.40. The number of nitrogens with one attached hydrogen (secondary N) is 2. The van der Waals surface area contributed by atoms with Gasteiger partial charge < -0.3 is 14.8 Å². The lowest BCUT2D eigenvalue weighted by Crippen LogP contribution is -2.24. The quantitative estimate of drug-likeness (QED) is 0.586. The van der Waals surface area contributed by atoms with Gasteiger partial charge in [0.25, 0.3) is 0 Å². The van der Waals surface area contributed by atoms with E-state index >= 15 is 0 Å². The molecule has 0 radical (unpaired) electrons. The van der Waals surface area contributed by atoms with E-state index in [2.05, 4.69) is 21.9 Å². The van der Waals surface area contributed by atoms with Gasteiger partial charge >= 0.3 is 12.1 Å². The maximum atomic E-state index is 11.5. The number of ether oxygens (including phenoxy) is 2. The SMILES string of the molecule is C=CCOC(=O)Nc1ccccc1CNCC(=O)OC. The third kappa shape index (κ3) is 5.53. The van der Waals surface area contributed by atoms with Crippen molar-refractivity contribution in [3.8, 4) is 0 Å². The maximum Gasteiger partial charge on any atom is 0.411 e. The molecule has 6 nitrogen and oxygen atoms in total. The van der Waals surface area contributed by atoms with E-state index in [-0.39, 0.29) is 19.1 Å². The summed E-state index contributed by atoms with van der Waals surface area (Å²) in [5.74, 6) is -0.346. The number of para-hydroxylation sites is 1. The van der Waals surface area contributed by atoms with Crippen LogP contribution in [0.25, 0.3) is 0 Å². The maximum absolute atomic E-state index is 11.5. The molecule has 0 bridgehead atoms. The zero-order valence-corrected chi connectivity index (χ0v) is 11.3. The number of carbonyl (C=O) groups excluding carboxylic acids is 2. The molecule has 0 unspecified atom stereocenters. The highest BCUT2D eigenvalue weighted by molar-refractivity contribution is 5.85. The minimum atomic E-state index is -0.551. The van der Waals surface area contributed by atoms with Gasteiger partial charge in [-0.05, 0) is 11.6 Å². The Labute approximate surface area is 117 Å². The fourth-order valence-electron chi connectivity index (χ4n) is 1.45. The van der Waals surface area contributed by atoms with E-state index < -0.39 is 6.09 Å². The largest absolute Gasteiger partial charge is 0.468 e. The zero-order valence-electron chi connectivity index (χ0n) is 11.3. The number of hydrogen-bond donors (Lipinski definition) is 2. The van der Waals surface area contributed by atoms with Crippen molar-refractivity contribution in [3.63, 3.8) is 0 Å². The van der Waals surface area contributed by atoms with Crippen molar-refractivity contribution in [2.45, 2.75) is 6.54 Å². The number of benzene rings is 1. The Morgan fingerprint density at radius 2 is 2.10 bits per heavy atom. The molecule has 0 saturated carbocycles. The molecule has 0 aliphatic heterocycles. The molecule has 1 aromatic carbocycles. The summed E-state index contributed by atoms with van der Waals surface area (Å²) in [5.41, 5.74) is 1.46. The molecular formula is C14H18N2O4. The van der Waals surface area contributed by atoms with Crippen LogP contribution >= 0.6 is 0 Å². The van der Waals surface area contributed by atoms with E-state index in [0.717, 1.165) is 5.56 Å². The van der Waals surface area contributed by atoms with Gasteiger partial charge in [-0.3, -0.25) is 10.1 Å². The smallest absolute Gasteiger partial charge is 0.411 e. The van der Waals surface area contributed by atoms with Crippen molar-refractivity contribution in [2.24, 2.45) is 0 Å². The van der Waals surface area contributed by atoms with Crippen molar-refractivity contribution >= 4 is 17.7 Å². The summed E-state index contributed by atoms with van der Waals surface area (Å²) < 4.78 is 9.37. The predicted octanol–water partition coefficient (Wildman–Crippen LogP) is 1.68. The molecule has 2 N–H and O–H groups in total. The Kier molecular flexibility index (Phi) is 6.84. The Morgan fingerprint density at radius 1 is 1.35 bits per heavy atom. The molecule has 20 heavy (non-hydrogen) atoms. The molecule has 0 atom stereocenters. The molecule has 1 rings (SSSR count). The topological polar surface area (TPSA) is 76.7 Å². The Balaban J connectivity index is 2.56. The molecule has 6 heteroatoms. The first kappa shape index (κ1) is 15.7. The average Bonchev–Trinajstić information content (AvgIpc) is 2.46. The molecule has 0 heterocycles. The molecule has 0 fully saturated rings. The van der Waals surface area contributed by atoms with E-state index in [4.69, 9.17) is 4.74 Å². The Hall–Kier alpha value is -2.34. The highest BCUT2D eigenvalue weighted by atomic mass is 16.5. The first-order valence-corrected chi connectivity index (χ1v) is 6.07. The van der Waals surface area contributed by atoms with Gasteiger partial charge in [0.1, 0.15) is 6.61 Å². The summed E-state index contributed by atoms with van der Waals surface area (Å²) in [7, 11) is 1.33. The molecule has 1 aromatic rings. The number of amides is 1. The summed E-state index contributed by atoms with van der Waals surface area (Å²) in [5, 5.41) is 5.56. The number of methoxy groups -OCH3 is 1. The number of rotatable bonds is 7. The molecule has 0 aliphatic rings. The van der Waals surface area contributed by atoms with Crippen LogP contribution in [0.3, 0.4) is 0 Å². The molecule has 0 aromatic heterocycles. The van der Waals surface area contributed by atoms with Crippen molar-refractivity contribution in [3.05, 3.63) is 42.5 Å². The molecule has 0 spiro atoms. The van der Waals surface area contributed by atoms with Crippen LogP contribution in [0.1, 0.15) is 5.56 Å². The zero-order chi connectivity index (χ0) is 14.8. The van der Waals surface area contributed by atoms with Crippen LogP contribution in [0.2, 0.25) is 0 Å². The Bertz CT molecular complexity index is 474. The minimum Gasteiger partial charge on any atom is -0.468 e. The van der Waals surface area contributed by atoms with Crippen molar-refractivity contribution in [2.75, 3.05) is 25.6 Å². The molecule has 0 saturated heterocycles. The predicted molar refractivity (Wildman–Crippen MR) is 75.3 cm³/mol. The third-order valence-electron chi connectivity index (χ3n) is 2.40. The van der Waals surface area contributed by atoms with Gasteiger partial charge in [0.15, 0.2) is 0 Å². The Morgan fingerprint density at radius 3 is 2.80 bits per heavy atom. The van der Waals surface area contributed by atoms with E-state index in [1.165, 1.54) is 13.2 Å². The van der Waals surface area contributed by atoms with Gasteiger partial charge in [-0.2, -0.15) is 0 Å². The van der Waals surface area contributed by atoms with Gasteiger partial charge in [0.05, 0.1) is 13.7 Å². The highest BCUT2D eigenvalue weighted by Crippen LogP contribution is 2.14. The summed E-state index contributed by atoms with van der Waals surface area (Å²) in [6.45, 7) is 4.14. The van der Waals surface area contributed by atoms with Crippen LogP contribution in [-0.4, -0.2) is 32.3 Å². The summed E-state index contributed by atoms with van der Waals surface area (Å²) >= 11 is 0. The van der Waals surface area contributed by atoms with Gasteiger partial charge in [-0.15, -0.1) is 0 Å². The van der Waals surface area contributed by atoms with Crippen molar-refractivity contribution in [1.82, 2.24) is 5.32 Å². The second-order valence-electron chi connectivity index (χ2n) is 3.85. The van der Waals surface area contributed by atoms with Crippen molar-refractivity contribution < 1.29 is 19.1 Å². The van der Waals surface area contributed by atoms with Gasteiger partial charge in [-0.25, -0.2) is 4.79 Å². The molecule has 0 aliphatic carbocycles. The fourth-order valence-corrected chi connectivity index (χ4v) is 1.45. The van der Waals surface area contributed by atoms with Crippen LogP contribution in [0.5, 0.6) is 0 Å². The summed E-state index contributed by atoms with van der Waals surface area (Å²) in [4.78, 5) is 22.5. The van der Waals surface area contributed by atoms with Crippen LogP contribution < -0.4 is 10.6 Å². The fraction of sp³-hybridized carbons (Fsp3) is 0.286. The van der Waals surface area contributed by atoms with Gasteiger partial charge in [0, 0.05) is 12.2 Å². The number of hydrogen-bond acceptors (Lipinski definition) is 5. The number of carbonyl (C=O) groups is 2. The van der Waals surface area contributed by atoms with Crippen LogP contribution in [0.4, 0.5) is 10.5 Å². The van der Waals surface area contributed by atoms with Crippen molar-refractivity contribution in [1.29, 1.82) is 0 Å².